The lowest BCUT2D eigenvalue weighted by Crippen LogP contribution is -2.66. The molecule has 3 aliphatic rings. The molecule has 0 radical (unpaired) electrons. The van der Waals surface area contributed by atoms with Gasteiger partial charge < -0.3 is 69.6 Å². The van der Waals surface area contributed by atoms with Crippen LogP contribution in [0.5, 0.6) is 0 Å². The molecule has 0 aliphatic carbocycles. The summed E-state index contributed by atoms with van der Waals surface area (Å²) in [6, 6.07) is 0. The molecule has 0 bridgehead atoms. The lowest BCUT2D eigenvalue weighted by Gasteiger charge is -2.47. The lowest BCUT2D eigenvalue weighted by atomic mass is 9.96. The van der Waals surface area contributed by atoms with Gasteiger partial charge in [0, 0.05) is 0 Å². The summed E-state index contributed by atoms with van der Waals surface area (Å²) in [5, 5.41) is 90.7. The third kappa shape index (κ3) is 4.94. The Morgan fingerprint density at radius 2 is 1.09 bits per heavy atom. The van der Waals surface area contributed by atoms with E-state index in [1.807, 2.05) is 0 Å². The first kappa shape index (κ1) is 26.1. The van der Waals surface area contributed by atoms with E-state index in [1.165, 1.54) is 13.8 Å². The number of aliphatic hydroxyl groups is 9. The maximum absolute atomic E-state index is 10.6. The third-order valence-corrected chi connectivity index (χ3v) is 6.02. The summed E-state index contributed by atoms with van der Waals surface area (Å²) in [5.74, 6) is 0. The molecule has 0 aromatic heterocycles. The third-order valence-electron chi connectivity index (χ3n) is 6.02. The fraction of sp³-hybridized carbons (Fsp3) is 1.00. The molecule has 0 aromatic rings. The second-order valence-electron chi connectivity index (χ2n) is 8.30. The van der Waals surface area contributed by atoms with Crippen LogP contribution in [0.2, 0.25) is 0 Å². The van der Waals surface area contributed by atoms with Crippen LogP contribution >= 0.6 is 0 Å². The molecule has 32 heavy (non-hydrogen) atoms. The summed E-state index contributed by atoms with van der Waals surface area (Å²) in [4.78, 5) is 0. The number of rotatable bonds is 5. The van der Waals surface area contributed by atoms with Crippen molar-refractivity contribution in [1.29, 1.82) is 0 Å². The van der Waals surface area contributed by atoms with Gasteiger partial charge in [-0.1, -0.05) is 0 Å². The predicted octanol–water partition coefficient (Wildman–Crippen LogP) is -5.52. The predicted molar refractivity (Wildman–Crippen MR) is 98.4 cm³/mol. The SMILES string of the molecule is C[C@@H]1O[C@@H](O[C@H]2[C@H](O[C@H]3C(O)O[C@H](C)[C@H](O)[C@@H]3O)O[C@H](CO)[C@@H](O)[C@@H]2O)[C@H](O)[C@H](O)[C@H]1O. The molecule has 3 saturated heterocycles. The zero-order valence-electron chi connectivity index (χ0n) is 17.4. The zero-order valence-corrected chi connectivity index (χ0v) is 17.4. The molecule has 0 saturated carbocycles. The van der Waals surface area contributed by atoms with E-state index in [0.717, 1.165) is 0 Å². The highest BCUT2D eigenvalue weighted by Crippen LogP contribution is 2.32. The van der Waals surface area contributed by atoms with E-state index in [1.54, 1.807) is 0 Å². The Kier molecular flexibility index (Phi) is 8.44. The van der Waals surface area contributed by atoms with Gasteiger partial charge >= 0.3 is 0 Å². The minimum Gasteiger partial charge on any atom is -0.394 e. The van der Waals surface area contributed by atoms with Gasteiger partial charge in [0.15, 0.2) is 18.9 Å². The van der Waals surface area contributed by atoms with Gasteiger partial charge in [-0.2, -0.15) is 0 Å². The normalized spacial score (nSPS) is 55.0. The number of hydrogen-bond donors (Lipinski definition) is 9. The van der Waals surface area contributed by atoms with Gasteiger partial charge in [0.2, 0.25) is 0 Å². The van der Waals surface area contributed by atoms with E-state index in [4.69, 9.17) is 23.7 Å². The van der Waals surface area contributed by atoms with E-state index < -0.39 is 98.7 Å². The molecule has 1 unspecified atom stereocenters. The van der Waals surface area contributed by atoms with Crippen LogP contribution in [0.15, 0.2) is 0 Å². The van der Waals surface area contributed by atoms with Gasteiger partial charge in [-0.15, -0.1) is 0 Å². The van der Waals surface area contributed by atoms with Crippen LogP contribution in [0.25, 0.3) is 0 Å². The minimum atomic E-state index is -1.77. The first-order valence-corrected chi connectivity index (χ1v) is 10.3. The van der Waals surface area contributed by atoms with Gasteiger partial charge in [-0.3, -0.25) is 0 Å². The molecule has 3 fully saturated rings. The fourth-order valence-electron chi connectivity index (χ4n) is 3.91. The molecule has 3 heterocycles. The first-order chi connectivity index (χ1) is 15.0. The van der Waals surface area contributed by atoms with E-state index in [2.05, 4.69) is 0 Å². The molecule has 0 amide bonds. The van der Waals surface area contributed by atoms with Crippen LogP contribution in [-0.2, 0) is 23.7 Å². The highest BCUT2D eigenvalue weighted by molar-refractivity contribution is 4.95. The molecule has 14 nitrogen and oxygen atoms in total. The van der Waals surface area contributed by atoms with Crippen LogP contribution in [0, 0.1) is 0 Å². The van der Waals surface area contributed by atoms with E-state index in [0.29, 0.717) is 0 Å². The Morgan fingerprint density at radius 3 is 1.72 bits per heavy atom. The maximum Gasteiger partial charge on any atom is 0.187 e. The zero-order chi connectivity index (χ0) is 23.9. The van der Waals surface area contributed by atoms with Crippen molar-refractivity contribution in [2.45, 2.75) is 106 Å². The molecular weight excluding hydrogens is 440 g/mol. The number of hydrogen-bond acceptors (Lipinski definition) is 14. The summed E-state index contributed by atoms with van der Waals surface area (Å²) in [7, 11) is 0. The maximum atomic E-state index is 10.6. The monoisotopic (exact) mass is 472 g/mol. The van der Waals surface area contributed by atoms with Crippen molar-refractivity contribution in [3.05, 3.63) is 0 Å². The Morgan fingerprint density at radius 1 is 0.562 bits per heavy atom. The summed E-state index contributed by atoms with van der Waals surface area (Å²) in [6.07, 6.45) is -22.7. The average molecular weight is 472 g/mol. The van der Waals surface area contributed by atoms with Crippen LogP contribution in [-0.4, -0.2) is 145 Å². The van der Waals surface area contributed by atoms with Crippen molar-refractivity contribution in [2.75, 3.05) is 6.61 Å². The highest BCUT2D eigenvalue weighted by Gasteiger charge is 2.53. The van der Waals surface area contributed by atoms with Crippen molar-refractivity contribution in [1.82, 2.24) is 0 Å². The number of aliphatic hydroxyl groups excluding tert-OH is 9. The second-order valence-corrected chi connectivity index (χ2v) is 8.30. The average Bonchev–Trinajstić information content (AvgIpc) is 2.76. The van der Waals surface area contributed by atoms with Crippen LogP contribution in [0.3, 0.4) is 0 Å². The first-order valence-electron chi connectivity index (χ1n) is 10.3. The molecule has 188 valence electrons. The smallest absolute Gasteiger partial charge is 0.187 e. The van der Waals surface area contributed by atoms with Crippen LogP contribution in [0.1, 0.15) is 13.8 Å². The summed E-state index contributed by atoms with van der Waals surface area (Å²) in [6.45, 7) is 2.09. The van der Waals surface area contributed by atoms with Gasteiger partial charge in [-0.25, -0.2) is 0 Å². The van der Waals surface area contributed by atoms with Crippen LogP contribution < -0.4 is 0 Å². The van der Waals surface area contributed by atoms with Crippen LogP contribution in [0.4, 0.5) is 0 Å². The molecule has 3 aliphatic heterocycles. The fourth-order valence-corrected chi connectivity index (χ4v) is 3.91. The van der Waals surface area contributed by atoms with Gasteiger partial charge in [0.05, 0.1) is 18.8 Å². The van der Waals surface area contributed by atoms with Crippen molar-refractivity contribution in [2.24, 2.45) is 0 Å². The second kappa shape index (κ2) is 10.4. The van der Waals surface area contributed by atoms with Gasteiger partial charge in [-0.05, 0) is 13.8 Å². The van der Waals surface area contributed by atoms with Crippen molar-refractivity contribution in [3.63, 3.8) is 0 Å². The summed E-state index contributed by atoms with van der Waals surface area (Å²) >= 11 is 0. The minimum absolute atomic E-state index is 0.735. The molecule has 9 N–H and O–H groups in total. The number of ether oxygens (including phenoxy) is 5. The lowest BCUT2D eigenvalue weighted by molar-refractivity contribution is -0.388. The highest BCUT2D eigenvalue weighted by atomic mass is 16.8. The van der Waals surface area contributed by atoms with E-state index >= 15 is 0 Å². The molecule has 0 aromatic carbocycles. The molecule has 14 heteroatoms. The van der Waals surface area contributed by atoms with Crippen molar-refractivity contribution >= 4 is 0 Å². The summed E-state index contributed by atoms with van der Waals surface area (Å²) in [5.41, 5.74) is 0. The standard InChI is InChI=1S/C18H32O14/c1-4-8(21)11(24)14(16(27)28-4)31-18-15(12(25)9(22)6(3-19)30-18)32-17-13(26)10(23)7(20)5(2)29-17/h4-27H,3H2,1-2H3/t4-,5+,6-,7+,8+,9-,10-,11+,12+,13-,14-,15-,16?,17+,18+/m1/s1. The molecule has 15 atom stereocenters. The summed E-state index contributed by atoms with van der Waals surface area (Å²) < 4.78 is 26.9. The molecule has 3 rings (SSSR count). The van der Waals surface area contributed by atoms with Gasteiger partial charge in [0.1, 0.15) is 61.0 Å². The Balaban J connectivity index is 1.81. The van der Waals surface area contributed by atoms with E-state index in [-0.39, 0.29) is 0 Å². The Bertz CT molecular complexity index is 610. The topological polar surface area (TPSA) is 228 Å². The van der Waals surface area contributed by atoms with Crippen molar-refractivity contribution < 1.29 is 69.6 Å². The van der Waals surface area contributed by atoms with Gasteiger partial charge in [0.25, 0.3) is 0 Å². The Labute approximate surface area is 183 Å². The van der Waals surface area contributed by atoms with E-state index in [9.17, 15) is 46.0 Å². The largest absolute Gasteiger partial charge is 0.394 e. The quantitative estimate of drug-likeness (QED) is 0.182. The molecule has 0 spiro atoms. The Hall–Kier alpha value is -0.560. The van der Waals surface area contributed by atoms with Crippen molar-refractivity contribution in [3.8, 4) is 0 Å². The molecular formula is C18H32O14.